The van der Waals surface area contributed by atoms with Gasteiger partial charge in [-0.25, -0.2) is 0 Å². The molecule has 0 aliphatic rings. The maximum atomic E-state index is 12.6. The number of methoxy groups -OCH3 is 2. The predicted molar refractivity (Wildman–Crippen MR) is 163 cm³/mol. The second-order valence-electron chi connectivity index (χ2n) is 10.2. The molecular weight excluding hydrogens is 564 g/mol. The van der Waals surface area contributed by atoms with Gasteiger partial charge in [-0.2, -0.15) is 0 Å². The van der Waals surface area contributed by atoms with Gasteiger partial charge in [0.25, 0.3) is 0 Å². The van der Waals surface area contributed by atoms with Gasteiger partial charge in [-0.05, 0) is 67.6 Å². The van der Waals surface area contributed by atoms with Crippen molar-refractivity contribution in [2.45, 2.75) is 19.0 Å². The van der Waals surface area contributed by atoms with Gasteiger partial charge in [0.15, 0.2) is 0 Å². The van der Waals surface area contributed by atoms with E-state index in [9.17, 15) is 24.9 Å². The van der Waals surface area contributed by atoms with Crippen LogP contribution in [0.2, 0.25) is 0 Å². The van der Waals surface area contributed by atoms with E-state index in [1.54, 1.807) is 71.9 Å². The molecule has 0 aliphatic carbocycles. The molecule has 0 spiro atoms. The van der Waals surface area contributed by atoms with Crippen LogP contribution in [0.1, 0.15) is 41.5 Å². The summed E-state index contributed by atoms with van der Waals surface area (Å²) in [5.41, 5.74) is 1.98. The monoisotopic (exact) mass is 600 g/mol. The maximum absolute atomic E-state index is 12.6. The molecule has 0 amide bonds. The number of carbonyl (C=O) groups excluding carboxylic acids is 1. The van der Waals surface area contributed by atoms with Crippen LogP contribution < -0.4 is 9.47 Å². The van der Waals surface area contributed by atoms with Gasteiger partial charge in [0.2, 0.25) is 0 Å². The Balaban J connectivity index is 1.81. The van der Waals surface area contributed by atoms with E-state index in [-0.39, 0.29) is 36.9 Å². The Kier molecular flexibility index (Phi) is 10.8. The molecule has 4 aromatic rings. The summed E-state index contributed by atoms with van der Waals surface area (Å²) in [6, 6.07) is 18.8. The molecule has 3 N–H and O–H groups in total. The maximum Gasteiger partial charge on any atom is 0.317 e. The third-order valence-corrected chi connectivity index (χ3v) is 7.16. The molecule has 11 heteroatoms. The van der Waals surface area contributed by atoms with Crippen molar-refractivity contribution in [1.29, 1.82) is 0 Å². The van der Waals surface area contributed by atoms with Gasteiger partial charge in [-0.1, -0.05) is 12.1 Å². The van der Waals surface area contributed by atoms with Crippen molar-refractivity contribution in [2.24, 2.45) is 0 Å². The number of aromatic nitrogens is 2. The van der Waals surface area contributed by atoms with Crippen LogP contribution in [0.3, 0.4) is 0 Å². The first-order valence-electron chi connectivity index (χ1n) is 14.0. The van der Waals surface area contributed by atoms with Crippen molar-refractivity contribution in [3.8, 4) is 23.0 Å². The van der Waals surface area contributed by atoms with Crippen LogP contribution in [0.4, 0.5) is 0 Å². The zero-order valence-electron chi connectivity index (χ0n) is 24.8. The zero-order valence-corrected chi connectivity index (χ0v) is 24.8. The molecule has 2 heterocycles. The van der Waals surface area contributed by atoms with E-state index >= 15 is 0 Å². The second-order valence-corrected chi connectivity index (χ2v) is 10.2. The SMILES string of the molecule is COc1ccc(O)c(C(c2ccccn2)N(CCN(CC(C)=O)[C@H](c2ccccn2)c2cc(OC)ccc2O)CC(=O)O)c1. The van der Waals surface area contributed by atoms with Crippen molar-refractivity contribution >= 4 is 11.8 Å². The van der Waals surface area contributed by atoms with Crippen LogP contribution in [0.5, 0.6) is 23.0 Å². The molecule has 0 saturated carbocycles. The number of pyridine rings is 2. The summed E-state index contributed by atoms with van der Waals surface area (Å²) in [6.07, 6.45) is 3.23. The number of aromatic hydroxyl groups is 2. The van der Waals surface area contributed by atoms with E-state index in [4.69, 9.17) is 9.47 Å². The molecule has 0 saturated heterocycles. The van der Waals surface area contributed by atoms with Crippen LogP contribution in [-0.2, 0) is 9.59 Å². The van der Waals surface area contributed by atoms with Crippen molar-refractivity contribution < 1.29 is 34.4 Å². The largest absolute Gasteiger partial charge is 0.508 e. The fourth-order valence-electron chi connectivity index (χ4n) is 5.23. The number of phenols is 2. The van der Waals surface area contributed by atoms with Crippen LogP contribution >= 0.6 is 0 Å². The summed E-state index contributed by atoms with van der Waals surface area (Å²) in [4.78, 5) is 37.4. The fraction of sp³-hybridized carbons (Fsp3) is 0.273. The molecule has 2 aromatic carbocycles. The Morgan fingerprint density at radius 1 is 0.727 bits per heavy atom. The van der Waals surface area contributed by atoms with Crippen molar-refractivity contribution in [3.05, 3.63) is 108 Å². The lowest BCUT2D eigenvalue weighted by Crippen LogP contribution is -2.43. The molecule has 0 bridgehead atoms. The normalized spacial score (nSPS) is 12.6. The number of nitrogens with zero attached hydrogens (tertiary/aromatic N) is 4. The highest BCUT2D eigenvalue weighted by molar-refractivity contribution is 5.77. The molecule has 44 heavy (non-hydrogen) atoms. The quantitative estimate of drug-likeness (QED) is 0.182. The van der Waals surface area contributed by atoms with Crippen LogP contribution in [0.25, 0.3) is 0 Å². The van der Waals surface area contributed by atoms with Crippen molar-refractivity contribution in [1.82, 2.24) is 19.8 Å². The lowest BCUT2D eigenvalue weighted by atomic mass is 9.98. The Hall–Kier alpha value is -5.00. The average molecular weight is 601 g/mol. The predicted octanol–water partition coefficient (Wildman–Crippen LogP) is 4.06. The first-order chi connectivity index (χ1) is 21.2. The molecule has 230 valence electrons. The summed E-state index contributed by atoms with van der Waals surface area (Å²) in [5.74, 6) is -0.285. The van der Waals surface area contributed by atoms with Crippen molar-refractivity contribution in [3.63, 3.8) is 0 Å². The minimum Gasteiger partial charge on any atom is -0.508 e. The van der Waals surface area contributed by atoms with Gasteiger partial charge < -0.3 is 24.8 Å². The third-order valence-electron chi connectivity index (χ3n) is 7.16. The first kappa shape index (κ1) is 31.9. The van der Waals surface area contributed by atoms with Gasteiger partial charge in [0, 0.05) is 36.6 Å². The summed E-state index contributed by atoms with van der Waals surface area (Å²) in [5, 5.41) is 31.9. The average Bonchev–Trinajstić information content (AvgIpc) is 3.02. The number of ether oxygens (including phenoxy) is 2. The van der Waals surface area contributed by atoms with Gasteiger partial charge in [-0.3, -0.25) is 29.4 Å². The van der Waals surface area contributed by atoms with E-state index in [0.717, 1.165) is 0 Å². The highest BCUT2D eigenvalue weighted by atomic mass is 16.5. The number of ketones is 1. The number of rotatable bonds is 15. The molecule has 11 nitrogen and oxygen atoms in total. The molecule has 2 atom stereocenters. The number of phenolic OH excluding ortho intramolecular Hbond substituents is 2. The molecule has 0 radical (unpaired) electrons. The van der Waals surface area contributed by atoms with Gasteiger partial charge in [-0.15, -0.1) is 0 Å². The van der Waals surface area contributed by atoms with E-state index in [1.807, 2.05) is 11.0 Å². The Morgan fingerprint density at radius 3 is 1.55 bits per heavy atom. The smallest absolute Gasteiger partial charge is 0.317 e. The molecule has 4 rings (SSSR count). The van der Waals surface area contributed by atoms with Crippen molar-refractivity contribution in [2.75, 3.05) is 40.4 Å². The summed E-state index contributed by atoms with van der Waals surface area (Å²) in [6.45, 7) is 1.36. The molecule has 2 aromatic heterocycles. The topological polar surface area (TPSA) is 146 Å². The number of hydrogen-bond acceptors (Lipinski definition) is 10. The summed E-state index contributed by atoms with van der Waals surface area (Å²) >= 11 is 0. The van der Waals surface area contributed by atoms with E-state index in [1.165, 1.54) is 33.3 Å². The van der Waals surface area contributed by atoms with E-state index in [0.29, 0.717) is 34.0 Å². The lowest BCUT2D eigenvalue weighted by Gasteiger charge is -2.36. The minimum absolute atomic E-state index is 0.00920. The number of benzene rings is 2. The number of carboxylic acids is 1. The van der Waals surface area contributed by atoms with Crippen LogP contribution in [0.15, 0.2) is 85.2 Å². The van der Waals surface area contributed by atoms with E-state index in [2.05, 4.69) is 9.97 Å². The van der Waals surface area contributed by atoms with Gasteiger partial charge >= 0.3 is 5.97 Å². The summed E-state index contributed by atoms with van der Waals surface area (Å²) < 4.78 is 10.8. The fourth-order valence-corrected chi connectivity index (χ4v) is 5.23. The van der Waals surface area contributed by atoms with Gasteiger partial charge in [0.1, 0.15) is 28.8 Å². The highest BCUT2D eigenvalue weighted by Crippen LogP contribution is 2.38. The molecular formula is C33H36N4O7. The number of Topliss-reactive ketones (excluding diaryl/α,β-unsaturated/α-hetero) is 1. The second kappa shape index (κ2) is 14.9. The molecule has 0 fully saturated rings. The van der Waals surface area contributed by atoms with E-state index < -0.39 is 24.6 Å². The molecule has 0 aliphatic heterocycles. The summed E-state index contributed by atoms with van der Waals surface area (Å²) in [7, 11) is 3.03. The Morgan fingerprint density at radius 2 is 1.18 bits per heavy atom. The van der Waals surface area contributed by atoms with Gasteiger partial charge in [0.05, 0.1) is 50.8 Å². The zero-order chi connectivity index (χ0) is 31.6. The first-order valence-corrected chi connectivity index (χ1v) is 14.0. The number of hydrogen-bond donors (Lipinski definition) is 3. The van der Waals surface area contributed by atoms with Crippen LogP contribution in [-0.4, -0.2) is 87.2 Å². The standard InChI is InChI=1S/C33H36N4O7/c1-22(38)20-36(32(27-8-4-6-14-34-27)25-18-23(43-2)10-12-29(25)39)16-17-37(21-31(41)42)33(28-9-5-7-15-35-28)26-19-24(44-3)11-13-30(26)40/h4-15,18-19,32-33,39-40H,16-17,20-21H2,1-3H3,(H,41,42)/t32-,33?/m0/s1. The number of carbonyl (C=O) groups is 2. The Bertz CT molecular complexity index is 1440. The molecule has 1 unspecified atom stereocenters. The third kappa shape index (κ3) is 7.88. The minimum atomic E-state index is -1.09. The Labute approximate surface area is 256 Å². The van der Waals surface area contributed by atoms with Crippen LogP contribution in [0, 0.1) is 0 Å². The number of carboxylic acid groups (broad SMARTS) is 1. The number of aliphatic carboxylic acids is 1. The highest BCUT2D eigenvalue weighted by Gasteiger charge is 2.32. The lowest BCUT2D eigenvalue weighted by molar-refractivity contribution is -0.139.